The molecule has 4 heterocycles. The van der Waals surface area contributed by atoms with Crippen molar-refractivity contribution in [3.8, 4) is 17.2 Å². The first kappa shape index (κ1) is 19.3. The van der Waals surface area contributed by atoms with Crippen LogP contribution in [0.1, 0.15) is 17.3 Å². The summed E-state index contributed by atoms with van der Waals surface area (Å²) in [7, 11) is 1.64. The molecule has 6 rings (SSSR count). The molecule has 1 atom stereocenters. The number of fused-ring (bicyclic) bond motifs is 5. The fraction of sp³-hybridized carbons (Fsp3) is 0.348. The minimum Gasteiger partial charge on any atom is -0.497 e. The van der Waals surface area contributed by atoms with E-state index >= 15 is 0 Å². The average Bonchev–Trinajstić information content (AvgIpc) is 3.40. The summed E-state index contributed by atoms with van der Waals surface area (Å²) >= 11 is 0. The van der Waals surface area contributed by atoms with E-state index in [9.17, 15) is 9.90 Å². The van der Waals surface area contributed by atoms with Crippen LogP contribution in [0.25, 0.3) is 10.9 Å². The third-order valence-electron chi connectivity index (χ3n) is 6.68. The van der Waals surface area contributed by atoms with Gasteiger partial charge in [0.1, 0.15) is 5.75 Å². The number of methoxy groups -OCH3 is 1. The van der Waals surface area contributed by atoms with E-state index in [0.29, 0.717) is 36.8 Å². The average molecular weight is 436 g/mol. The molecule has 0 radical (unpaired) electrons. The van der Waals surface area contributed by atoms with Crippen molar-refractivity contribution in [3.63, 3.8) is 0 Å². The number of urea groups is 1. The zero-order valence-electron chi connectivity index (χ0n) is 17.6. The Labute approximate surface area is 184 Å². The van der Waals surface area contributed by atoms with Crippen LogP contribution in [0.15, 0.2) is 36.4 Å². The Morgan fingerprint density at radius 1 is 1.25 bits per heavy atom. The van der Waals surface area contributed by atoms with Crippen molar-refractivity contribution in [2.24, 2.45) is 0 Å². The molecule has 3 aliphatic heterocycles. The number of ether oxygens (including phenoxy) is 3. The van der Waals surface area contributed by atoms with Crippen LogP contribution in [0.2, 0.25) is 0 Å². The van der Waals surface area contributed by atoms with E-state index in [1.807, 2.05) is 12.1 Å². The second-order valence-corrected chi connectivity index (χ2v) is 8.58. The highest BCUT2D eigenvalue weighted by Crippen LogP contribution is 2.45. The molecule has 3 aliphatic rings. The van der Waals surface area contributed by atoms with Crippen molar-refractivity contribution in [1.82, 2.24) is 15.2 Å². The van der Waals surface area contributed by atoms with Crippen molar-refractivity contribution in [1.29, 1.82) is 0 Å². The summed E-state index contributed by atoms with van der Waals surface area (Å²) in [6.45, 7) is 2.06. The lowest BCUT2D eigenvalue weighted by molar-refractivity contribution is 0.0841. The fourth-order valence-corrected chi connectivity index (χ4v) is 5.10. The van der Waals surface area contributed by atoms with Gasteiger partial charge in [-0.2, -0.15) is 0 Å². The van der Waals surface area contributed by atoms with Gasteiger partial charge in [0.25, 0.3) is 0 Å². The van der Waals surface area contributed by atoms with E-state index in [1.54, 1.807) is 30.2 Å². The van der Waals surface area contributed by atoms with Crippen molar-refractivity contribution in [2.45, 2.75) is 11.5 Å². The maximum absolute atomic E-state index is 12.9. The lowest BCUT2D eigenvalue weighted by Gasteiger charge is -2.53. The van der Waals surface area contributed by atoms with Crippen LogP contribution in [0.5, 0.6) is 17.2 Å². The number of aliphatic hydroxyl groups excluding tert-OH is 1. The predicted molar refractivity (Wildman–Crippen MR) is 118 cm³/mol. The number of benzene rings is 2. The molecule has 2 amide bonds. The Hall–Kier alpha value is -3.43. The normalized spacial score (nSPS) is 20.2. The summed E-state index contributed by atoms with van der Waals surface area (Å²) in [4.78, 5) is 18.2. The number of hydrogen-bond donors (Lipinski definition) is 4. The predicted octanol–water partition coefficient (Wildman–Crippen LogP) is 2.33. The smallest absolute Gasteiger partial charge is 0.321 e. The Kier molecular flexibility index (Phi) is 4.24. The number of carbonyl (C=O) groups is 1. The molecule has 32 heavy (non-hydrogen) atoms. The van der Waals surface area contributed by atoms with Gasteiger partial charge in [-0.3, -0.25) is 0 Å². The Bertz CT molecular complexity index is 1220. The summed E-state index contributed by atoms with van der Waals surface area (Å²) in [6, 6.07) is 11.0. The molecule has 0 aliphatic carbocycles. The van der Waals surface area contributed by atoms with E-state index in [0.717, 1.165) is 22.3 Å². The van der Waals surface area contributed by atoms with E-state index < -0.39 is 0 Å². The van der Waals surface area contributed by atoms with Crippen LogP contribution in [0.4, 0.5) is 10.5 Å². The molecule has 0 saturated carbocycles. The monoisotopic (exact) mass is 436 g/mol. The number of H-pyrrole nitrogens is 1. The number of hydrogen-bond acceptors (Lipinski definition) is 6. The largest absolute Gasteiger partial charge is 0.497 e. The van der Waals surface area contributed by atoms with Gasteiger partial charge in [0.05, 0.1) is 19.8 Å². The Morgan fingerprint density at radius 2 is 2.09 bits per heavy atom. The van der Waals surface area contributed by atoms with Gasteiger partial charge in [0.2, 0.25) is 6.79 Å². The molecule has 1 aromatic heterocycles. The molecule has 3 aromatic rings. The minimum atomic E-state index is -0.208. The molecule has 1 spiro atoms. The third kappa shape index (κ3) is 2.81. The fourth-order valence-electron chi connectivity index (χ4n) is 5.10. The summed E-state index contributed by atoms with van der Waals surface area (Å²) in [5.41, 5.74) is 3.60. The zero-order valence-corrected chi connectivity index (χ0v) is 17.6. The summed E-state index contributed by atoms with van der Waals surface area (Å²) in [6.07, 6.45) is 0. The number of aliphatic hydroxyl groups is 1. The van der Waals surface area contributed by atoms with E-state index in [2.05, 4.69) is 21.7 Å². The second-order valence-electron chi connectivity index (χ2n) is 8.58. The van der Waals surface area contributed by atoms with Crippen LogP contribution in [-0.4, -0.2) is 61.2 Å². The highest BCUT2D eigenvalue weighted by molar-refractivity contribution is 5.92. The van der Waals surface area contributed by atoms with Gasteiger partial charge in [-0.25, -0.2) is 4.79 Å². The number of rotatable bonds is 3. The minimum absolute atomic E-state index is 0.00134. The van der Waals surface area contributed by atoms with Gasteiger partial charge in [-0.05, 0) is 29.8 Å². The number of amides is 2. The van der Waals surface area contributed by atoms with Crippen LogP contribution >= 0.6 is 0 Å². The van der Waals surface area contributed by atoms with E-state index in [1.165, 1.54) is 5.56 Å². The van der Waals surface area contributed by atoms with Gasteiger partial charge in [-0.1, -0.05) is 0 Å². The highest BCUT2D eigenvalue weighted by atomic mass is 16.7. The molecular weight excluding hydrogens is 412 g/mol. The summed E-state index contributed by atoms with van der Waals surface area (Å²) in [5, 5.41) is 17.4. The van der Waals surface area contributed by atoms with Crippen LogP contribution in [0.3, 0.4) is 0 Å². The summed E-state index contributed by atoms with van der Waals surface area (Å²) < 4.78 is 16.1. The number of nitrogens with one attached hydrogen (secondary N) is 3. The third-order valence-corrected chi connectivity index (χ3v) is 6.68. The molecule has 2 aromatic carbocycles. The van der Waals surface area contributed by atoms with Crippen molar-refractivity contribution in [3.05, 3.63) is 47.7 Å². The van der Waals surface area contributed by atoms with Crippen LogP contribution in [0, 0.1) is 0 Å². The maximum Gasteiger partial charge on any atom is 0.321 e. The number of anilines is 1. The molecule has 1 fully saturated rings. The first-order chi connectivity index (χ1) is 15.6. The van der Waals surface area contributed by atoms with Gasteiger partial charge in [0, 0.05) is 59.5 Å². The SMILES string of the molecule is COc1ccc2c3c([nH]c2c1)[C@@H](CO)NCC31CN(C(=O)Nc2ccc3c(c2)OCO3)C1. The van der Waals surface area contributed by atoms with Crippen LogP contribution < -0.4 is 24.8 Å². The Balaban J connectivity index is 1.26. The van der Waals surface area contributed by atoms with Gasteiger partial charge < -0.3 is 39.8 Å². The lowest BCUT2D eigenvalue weighted by Crippen LogP contribution is -2.67. The number of likely N-dealkylation sites (tertiary alicyclic amines) is 1. The first-order valence-corrected chi connectivity index (χ1v) is 10.6. The number of nitrogens with zero attached hydrogens (tertiary/aromatic N) is 1. The lowest BCUT2D eigenvalue weighted by atomic mass is 9.69. The quantitative estimate of drug-likeness (QED) is 0.502. The van der Waals surface area contributed by atoms with Crippen molar-refractivity contribution in [2.75, 3.05) is 45.5 Å². The van der Waals surface area contributed by atoms with Gasteiger partial charge in [0.15, 0.2) is 11.5 Å². The first-order valence-electron chi connectivity index (χ1n) is 10.6. The zero-order chi connectivity index (χ0) is 21.9. The standard InChI is InChI=1S/C23H24N4O5/c1-30-14-3-4-15-16(7-14)26-21-17(8-28)24-9-23(20(15)21)10-27(11-23)22(29)25-13-2-5-18-19(6-13)32-12-31-18/h2-7,17,24,26,28H,8-12H2,1H3,(H,25,29)/t17-/m1/s1. The summed E-state index contributed by atoms with van der Waals surface area (Å²) in [5.74, 6) is 2.09. The molecule has 1 saturated heterocycles. The maximum atomic E-state index is 12.9. The molecule has 9 nitrogen and oxygen atoms in total. The molecule has 4 N–H and O–H groups in total. The topological polar surface area (TPSA) is 108 Å². The molecule has 9 heteroatoms. The molecule has 0 bridgehead atoms. The van der Waals surface area contributed by atoms with Gasteiger partial charge in [-0.15, -0.1) is 0 Å². The highest BCUT2D eigenvalue weighted by Gasteiger charge is 2.51. The molecule has 166 valence electrons. The molecule has 0 unspecified atom stereocenters. The van der Waals surface area contributed by atoms with Crippen molar-refractivity contribution >= 4 is 22.6 Å². The number of carbonyl (C=O) groups excluding carboxylic acids is 1. The Morgan fingerprint density at radius 3 is 2.91 bits per heavy atom. The van der Waals surface area contributed by atoms with E-state index in [-0.39, 0.29) is 30.9 Å². The van der Waals surface area contributed by atoms with Crippen molar-refractivity contribution < 1.29 is 24.1 Å². The number of aromatic amines is 1. The van der Waals surface area contributed by atoms with Gasteiger partial charge >= 0.3 is 6.03 Å². The van der Waals surface area contributed by atoms with E-state index in [4.69, 9.17) is 14.2 Å². The number of aromatic nitrogens is 1. The van der Waals surface area contributed by atoms with Crippen LogP contribution in [-0.2, 0) is 5.41 Å². The second kappa shape index (κ2) is 7.04. The molecular formula is C23H24N4O5.